The Morgan fingerprint density at radius 1 is 0.214 bits per heavy atom. The van der Waals surface area contributed by atoms with E-state index in [4.69, 9.17) is 9.98 Å². The lowest BCUT2D eigenvalue weighted by Gasteiger charge is -2.23. The van der Waals surface area contributed by atoms with Gasteiger partial charge in [-0.1, -0.05) is 194 Å². The van der Waals surface area contributed by atoms with E-state index in [-0.39, 0.29) is 0 Å². The molecular formula is C54H34N2. The molecule has 0 fully saturated rings. The maximum absolute atomic E-state index is 5.75. The topological polar surface area (TPSA) is 24.7 Å². The third kappa shape index (κ3) is 5.04. The summed E-state index contributed by atoms with van der Waals surface area (Å²) in [6.07, 6.45) is 0. The average molecular weight is 711 g/mol. The molecule has 2 nitrogen and oxygen atoms in total. The highest BCUT2D eigenvalue weighted by Gasteiger charge is 2.26. The number of fused-ring (bicyclic) bond motifs is 6. The molecule has 0 aromatic heterocycles. The van der Waals surface area contributed by atoms with Crippen molar-refractivity contribution in [3.05, 3.63) is 229 Å². The van der Waals surface area contributed by atoms with Crippen LogP contribution in [0.25, 0.3) is 65.3 Å². The Bertz CT molecular complexity index is 2890. The van der Waals surface area contributed by atoms with E-state index >= 15 is 0 Å². The van der Waals surface area contributed by atoms with Gasteiger partial charge in [-0.2, -0.15) is 0 Å². The zero-order valence-electron chi connectivity index (χ0n) is 30.5. The van der Waals surface area contributed by atoms with E-state index in [1.807, 2.05) is 0 Å². The smallest absolute Gasteiger partial charge is 0.0816 e. The summed E-state index contributed by atoms with van der Waals surface area (Å²) < 4.78 is 0. The molecule has 0 atom stereocenters. The molecular weight excluding hydrogens is 677 g/mol. The van der Waals surface area contributed by atoms with Gasteiger partial charge in [0.2, 0.25) is 0 Å². The summed E-state index contributed by atoms with van der Waals surface area (Å²) in [5.41, 5.74) is 12.7. The molecule has 0 spiro atoms. The summed E-state index contributed by atoms with van der Waals surface area (Å²) in [5.74, 6) is 0. The molecule has 2 heteroatoms. The lowest BCUT2D eigenvalue weighted by molar-refractivity contribution is 1.40. The number of para-hydroxylation sites is 2. The van der Waals surface area contributed by atoms with Gasteiger partial charge in [-0.05, 0) is 77.5 Å². The number of rotatable bonds is 4. The van der Waals surface area contributed by atoms with Crippen LogP contribution in [0.5, 0.6) is 0 Å². The van der Waals surface area contributed by atoms with Gasteiger partial charge in [0.05, 0.1) is 22.8 Å². The van der Waals surface area contributed by atoms with Gasteiger partial charge in [0.25, 0.3) is 0 Å². The van der Waals surface area contributed by atoms with Crippen molar-refractivity contribution in [2.45, 2.75) is 0 Å². The Labute approximate surface area is 325 Å². The van der Waals surface area contributed by atoms with Crippen molar-refractivity contribution in [3.8, 4) is 22.3 Å². The minimum absolute atomic E-state index is 0.886. The Morgan fingerprint density at radius 3 is 0.786 bits per heavy atom. The Balaban J connectivity index is 1.24. The molecule has 10 aromatic rings. The van der Waals surface area contributed by atoms with Crippen LogP contribution in [-0.4, -0.2) is 11.4 Å². The fourth-order valence-electron chi connectivity index (χ4n) is 8.88. The van der Waals surface area contributed by atoms with Crippen LogP contribution in [0.1, 0.15) is 22.3 Å². The van der Waals surface area contributed by atoms with Crippen LogP contribution in [0.15, 0.2) is 216 Å². The lowest BCUT2D eigenvalue weighted by Crippen LogP contribution is -2.12. The van der Waals surface area contributed by atoms with Crippen LogP contribution < -0.4 is 0 Å². The molecule has 56 heavy (non-hydrogen) atoms. The van der Waals surface area contributed by atoms with Crippen LogP contribution in [0, 0.1) is 0 Å². The van der Waals surface area contributed by atoms with Crippen molar-refractivity contribution < 1.29 is 0 Å². The largest absolute Gasteiger partial charge is 0.247 e. The molecule has 0 radical (unpaired) electrons. The van der Waals surface area contributed by atoms with Gasteiger partial charge < -0.3 is 0 Å². The fourth-order valence-corrected chi connectivity index (χ4v) is 8.88. The van der Waals surface area contributed by atoms with Crippen molar-refractivity contribution >= 4 is 65.9 Å². The maximum Gasteiger partial charge on any atom is 0.0816 e. The normalized spacial score (nSPS) is 14.4. The van der Waals surface area contributed by atoms with Crippen molar-refractivity contribution in [2.75, 3.05) is 0 Å². The number of benzene rings is 10. The van der Waals surface area contributed by atoms with E-state index in [2.05, 4.69) is 206 Å². The van der Waals surface area contributed by atoms with Crippen molar-refractivity contribution in [1.29, 1.82) is 0 Å². The Morgan fingerprint density at radius 2 is 0.464 bits per heavy atom. The molecule has 0 saturated heterocycles. The molecule has 0 aliphatic carbocycles. The van der Waals surface area contributed by atoms with E-state index in [9.17, 15) is 0 Å². The van der Waals surface area contributed by atoms with Gasteiger partial charge >= 0.3 is 0 Å². The molecule has 0 N–H and O–H groups in total. The second-order valence-electron chi connectivity index (χ2n) is 14.4. The summed E-state index contributed by atoms with van der Waals surface area (Å²) in [5, 5.41) is 9.44. The van der Waals surface area contributed by atoms with Crippen LogP contribution >= 0.6 is 0 Å². The first-order chi connectivity index (χ1) is 27.8. The van der Waals surface area contributed by atoms with E-state index in [1.165, 1.54) is 43.8 Å². The zero-order valence-corrected chi connectivity index (χ0v) is 30.5. The molecule has 0 amide bonds. The highest BCUT2D eigenvalue weighted by atomic mass is 14.8. The minimum atomic E-state index is 0.886. The summed E-state index contributed by atoms with van der Waals surface area (Å²) in [7, 11) is 0. The third-order valence-corrected chi connectivity index (χ3v) is 11.2. The van der Waals surface area contributed by atoms with Gasteiger partial charge in [-0.25, -0.2) is 9.98 Å². The third-order valence-electron chi connectivity index (χ3n) is 11.2. The van der Waals surface area contributed by atoms with Crippen LogP contribution in [0.4, 0.5) is 11.4 Å². The van der Waals surface area contributed by atoms with Gasteiger partial charge in [0.1, 0.15) is 0 Å². The van der Waals surface area contributed by atoms with Gasteiger partial charge in [0, 0.05) is 22.3 Å². The molecule has 10 aromatic carbocycles. The average Bonchev–Trinajstić information content (AvgIpc) is 3.26. The molecule has 11 rings (SSSR count). The van der Waals surface area contributed by atoms with Crippen LogP contribution in [0.2, 0.25) is 0 Å². The van der Waals surface area contributed by atoms with Gasteiger partial charge in [-0.3, -0.25) is 0 Å². The first-order valence-electron chi connectivity index (χ1n) is 19.2. The van der Waals surface area contributed by atoms with Crippen molar-refractivity contribution in [2.24, 2.45) is 9.98 Å². The first kappa shape index (κ1) is 32.0. The maximum atomic E-state index is 5.75. The predicted octanol–water partition coefficient (Wildman–Crippen LogP) is 14.3. The standard InChI is InChI=1S/C54H34N2/c1-3-19-35(20-4-1)49-37-23-7-11-27-41(37)51(42-28-12-8-24-38(42)49)53-45-31-15-17-33-47(45)56-54(46-32-16-18-34-48(46)55-53)52-43-29-13-9-25-39(43)50(36-21-5-2-6-22-36)40-26-10-14-30-44(40)52/h1-34H/b53-45?,54-46?,55-48?,55-53+,56-47?,56-54+. The Kier molecular flexibility index (Phi) is 7.53. The predicted molar refractivity (Wildman–Crippen MR) is 237 cm³/mol. The second-order valence-corrected chi connectivity index (χ2v) is 14.4. The first-order valence-corrected chi connectivity index (χ1v) is 19.2. The van der Waals surface area contributed by atoms with Crippen molar-refractivity contribution in [3.63, 3.8) is 0 Å². The molecule has 1 heterocycles. The number of nitrogens with zero attached hydrogens (tertiary/aromatic N) is 2. The molecule has 0 bridgehead atoms. The monoisotopic (exact) mass is 710 g/mol. The molecule has 0 saturated carbocycles. The molecule has 0 unspecified atom stereocenters. The number of aliphatic imine (C=N–C) groups is 2. The van der Waals surface area contributed by atoms with E-state index in [0.29, 0.717) is 0 Å². The highest BCUT2D eigenvalue weighted by molar-refractivity contribution is 6.35. The summed E-state index contributed by atoms with van der Waals surface area (Å²) in [6.45, 7) is 0. The number of hydrogen-bond acceptors (Lipinski definition) is 2. The highest BCUT2D eigenvalue weighted by Crippen LogP contribution is 2.45. The lowest BCUT2D eigenvalue weighted by atomic mass is 9.84. The molecule has 1 aliphatic rings. The summed E-state index contributed by atoms with van der Waals surface area (Å²) >= 11 is 0. The van der Waals surface area contributed by atoms with Gasteiger partial charge in [-0.15, -0.1) is 0 Å². The van der Waals surface area contributed by atoms with E-state index in [0.717, 1.165) is 66.6 Å². The Hall–Kier alpha value is -7.42. The summed E-state index contributed by atoms with van der Waals surface area (Å²) in [6, 6.07) is 73.7. The van der Waals surface area contributed by atoms with Crippen LogP contribution in [0.3, 0.4) is 0 Å². The van der Waals surface area contributed by atoms with Crippen LogP contribution in [-0.2, 0) is 0 Å². The fraction of sp³-hybridized carbons (Fsp3) is 0. The quantitative estimate of drug-likeness (QED) is 0.163. The number of hydrogen-bond donors (Lipinski definition) is 0. The second kappa shape index (κ2) is 13.2. The van der Waals surface area contributed by atoms with Crippen molar-refractivity contribution in [1.82, 2.24) is 0 Å². The van der Waals surface area contributed by atoms with E-state index < -0.39 is 0 Å². The minimum Gasteiger partial charge on any atom is -0.247 e. The molecule has 260 valence electrons. The van der Waals surface area contributed by atoms with Gasteiger partial charge in [0.15, 0.2) is 0 Å². The molecule has 1 aliphatic heterocycles. The summed E-state index contributed by atoms with van der Waals surface area (Å²) in [4.78, 5) is 11.5. The zero-order chi connectivity index (χ0) is 37.0. The van der Waals surface area contributed by atoms with E-state index in [1.54, 1.807) is 0 Å². The SMILES string of the molecule is c1ccc(-c2c3ccccc3c(/C3=N/c4ccccc4/C(c4c5ccccc5c(-c5ccccc5)c5ccccc45)=N\c4ccccc43)c3ccccc23)cc1.